The van der Waals surface area contributed by atoms with Crippen molar-refractivity contribution in [1.82, 2.24) is 4.90 Å². The average molecular weight is 310 g/mol. The van der Waals surface area contributed by atoms with Gasteiger partial charge in [0, 0.05) is 31.9 Å². The number of rotatable bonds is 2. The summed E-state index contributed by atoms with van der Waals surface area (Å²) in [6.45, 7) is 6.98. The Bertz CT molecular complexity index is 719. The van der Waals surface area contributed by atoms with E-state index in [4.69, 9.17) is 0 Å². The minimum atomic E-state index is -0.0874. The molecule has 0 bridgehead atoms. The van der Waals surface area contributed by atoms with Gasteiger partial charge >= 0.3 is 0 Å². The molecule has 1 fully saturated rings. The number of aromatic hydroxyl groups is 1. The summed E-state index contributed by atoms with van der Waals surface area (Å²) in [6, 6.07) is 13.5. The summed E-state index contributed by atoms with van der Waals surface area (Å²) in [7, 11) is 0. The quantitative estimate of drug-likeness (QED) is 0.927. The third-order valence-corrected chi connectivity index (χ3v) is 4.41. The van der Waals surface area contributed by atoms with Crippen molar-refractivity contribution in [2.75, 3.05) is 31.1 Å². The van der Waals surface area contributed by atoms with Gasteiger partial charge in [0.25, 0.3) is 5.91 Å². The largest absolute Gasteiger partial charge is 0.507 e. The molecule has 4 heteroatoms. The number of nitrogens with zero attached hydrogens (tertiary/aromatic N) is 2. The molecule has 3 rings (SSSR count). The summed E-state index contributed by atoms with van der Waals surface area (Å²) in [5.74, 6) is -0.0300. The fourth-order valence-electron chi connectivity index (χ4n) is 3.06. The van der Waals surface area contributed by atoms with E-state index in [9.17, 15) is 9.90 Å². The lowest BCUT2D eigenvalue weighted by molar-refractivity contribution is 0.0743. The van der Waals surface area contributed by atoms with Crippen LogP contribution in [0.2, 0.25) is 0 Å². The summed E-state index contributed by atoms with van der Waals surface area (Å²) in [5.41, 5.74) is 3.86. The summed E-state index contributed by atoms with van der Waals surface area (Å²) in [4.78, 5) is 16.8. The Balaban J connectivity index is 1.70. The molecule has 1 heterocycles. The van der Waals surface area contributed by atoms with Crippen LogP contribution in [0, 0.1) is 13.8 Å². The van der Waals surface area contributed by atoms with Gasteiger partial charge in [-0.1, -0.05) is 29.8 Å². The Morgan fingerprint density at radius 2 is 1.70 bits per heavy atom. The van der Waals surface area contributed by atoms with Gasteiger partial charge in [0.15, 0.2) is 0 Å². The maximum absolute atomic E-state index is 12.6. The molecule has 0 unspecified atom stereocenters. The number of piperazine rings is 1. The van der Waals surface area contributed by atoms with E-state index in [2.05, 4.69) is 24.0 Å². The third kappa shape index (κ3) is 3.16. The molecule has 1 N–H and O–H groups in total. The van der Waals surface area contributed by atoms with Crippen molar-refractivity contribution in [3.63, 3.8) is 0 Å². The maximum Gasteiger partial charge on any atom is 0.257 e. The molecule has 0 aromatic heterocycles. The van der Waals surface area contributed by atoms with Gasteiger partial charge in [-0.2, -0.15) is 0 Å². The molecule has 1 aliphatic heterocycles. The predicted octanol–water partition coefficient (Wildman–Crippen LogP) is 2.97. The van der Waals surface area contributed by atoms with Crippen molar-refractivity contribution >= 4 is 11.6 Å². The monoisotopic (exact) mass is 310 g/mol. The van der Waals surface area contributed by atoms with Crippen LogP contribution in [-0.2, 0) is 0 Å². The number of amides is 1. The second-order valence-electron chi connectivity index (χ2n) is 6.09. The van der Waals surface area contributed by atoms with Crippen molar-refractivity contribution in [2.24, 2.45) is 0 Å². The van der Waals surface area contributed by atoms with Gasteiger partial charge in [-0.05, 0) is 37.6 Å². The summed E-state index contributed by atoms with van der Waals surface area (Å²) in [6.07, 6.45) is 0. The van der Waals surface area contributed by atoms with Crippen molar-refractivity contribution in [3.8, 4) is 5.75 Å². The minimum Gasteiger partial charge on any atom is -0.507 e. The Labute approximate surface area is 137 Å². The number of benzene rings is 2. The van der Waals surface area contributed by atoms with E-state index >= 15 is 0 Å². The lowest BCUT2D eigenvalue weighted by atomic mass is 10.1. The number of aryl methyl sites for hydroxylation is 2. The van der Waals surface area contributed by atoms with Gasteiger partial charge in [0.1, 0.15) is 5.75 Å². The summed E-state index contributed by atoms with van der Waals surface area (Å²) >= 11 is 0. The third-order valence-electron chi connectivity index (χ3n) is 4.41. The Kier molecular flexibility index (Phi) is 4.24. The minimum absolute atomic E-state index is 0.0573. The fourth-order valence-corrected chi connectivity index (χ4v) is 3.06. The van der Waals surface area contributed by atoms with Gasteiger partial charge in [-0.3, -0.25) is 4.79 Å². The molecular formula is C19H22N2O2. The zero-order valence-electron chi connectivity index (χ0n) is 13.6. The topological polar surface area (TPSA) is 43.8 Å². The standard InChI is InChI=1S/C19H22N2O2/c1-14-7-8-18(22)16(13-14)19(23)21-11-9-20(10-12-21)17-6-4-3-5-15(17)2/h3-8,13,22H,9-12H2,1-2H3. The number of carbonyl (C=O) groups excluding carboxylic acids is 1. The molecule has 0 radical (unpaired) electrons. The van der Waals surface area contributed by atoms with E-state index < -0.39 is 0 Å². The van der Waals surface area contributed by atoms with Crippen LogP contribution in [0.1, 0.15) is 21.5 Å². The number of phenols is 1. The van der Waals surface area contributed by atoms with Crippen LogP contribution in [0.15, 0.2) is 42.5 Å². The molecule has 120 valence electrons. The number of hydrogen-bond donors (Lipinski definition) is 1. The van der Waals surface area contributed by atoms with E-state index in [0.29, 0.717) is 18.7 Å². The Morgan fingerprint density at radius 3 is 2.39 bits per heavy atom. The molecular weight excluding hydrogens is 288 g/mol. The van der Waals surface area contributed by atoms with Crippen LogP contribution >= 0.6 is 0 Å². The first kappa shape index (κ1) is 15.4. The highest BCUT2D eigenvalue weighted by molar-refractivity contribution is 5.97. The van der Waals surface area contributed by atoms with E-state index in [1.807, 2.05) is 30.0 Å². The Hall–Kier alpha value is -2.49. The second kappa shape index (κ2) is 6.32. The Morgan fingerprint density at radius 1 is 1.00 bits per heavy atom. The van der Waals surface area contributed by atoms with E-state index in [-0.39, 0.29) is 11.7 Å². The molecule has 23 heavy (non-hydrogen) atoms. The highest BCUT2D eigenvalue weighted by Crippen LogP contribution is 2.23. The first-order valence-electron chi connectivity index (χ1n) is 7.96. The maximum atomic E-state index is 12.6. The first-order chi connectivity index (χ1) is 11.1. The lowest BCUT2D eigenvalue weighted by Gasteiger charge is -2.37. The average Bonchev–Trinajstić information content (AvgIpc) is 2.57. The number of carbonyl (C=O) groups is 1. The molecule has 1 saturated heterocycles. The summed E-state index contributed by atoms with van der Waals surface area (Å²) < 4.78 is 0. The predicted molar refractivity (Wildman–Crippen MR) is 92.1 cm³/mol. The van der Waals surface area contributed by atoms with Crippen LogP contribution in [-0.4, -0.2) is 42.1 Å². The van der Waals surface area contributed by atoms with Crippen LogP contribution in [0.5, 0.6) is 5.75 Å². The fraction of sp³-hybridized carbons (Fsp3) is 0.316. The molecule has 2 aromatic rings. The molecule has 0 aliphatic carbocycles. The van der Waals surface area contributed by atoms with E-state index in [1.54, 1.807) is 12.1 Å². The van der Waals surface area contributed by atoms with Gasteiger partial charge in [0.2, 0.25) is 0 Å². The van der Waals surface area contributed by atoms with Gasteiger partial charge < -0.3 is 14.9 Å². The lowest BCUT2D eigenvalue weighted by Crippen LogP contribution is -2.49. The van der Waals surface area contributed by atoms with Gasteiger partial charge in [-0.15, -0.1) is 0 Å². The van der Waals surface area contributed by atoms with Crippen LogP contribution < -0.4 is 4.90 Å². The van der Waals surface area contributed by atoms with Crippen LogP contribution in [0.3, 0.4) is 0 Å². The van der Waals surface area contributed by atoms with E-state index in [1.165, 1.54) is 11.3 Å². The van der Waals surface area contributed by atoms with Crippen LogP contribution in [0.25, 0.3) is 0 Å². The van der Waals surface area contributed by atoms with E-state index in [0.717, 1.165) is 18.7 Å². The van der Waals surface area contributed by atoms with Crippen molar-refractivity contribution in [1.29, 1.82) is 0 Å². The number of para-hydroxylation sites is 1. The van der Waals surface area contributed by atoms with Crippen molar-refractivity contribution in [3.05, 3.63) is 59.2 Å². The highest BCUT2D eigenvalue weighted by atomic mass is 16.3. The van der Waals surface area contributed by atoms with Crippen LogP contribution in [0.4, 0.5) is 5.69 Å². The highest BCUT2D eigenvalue weighted by Gasteiger charge is 2.24. The SMILES string of the molecule is Cc1ccc(O)c(C(=O)N2CCN(c3ccccc3C)CC2)c1. The molecule has 4 nitrogen and oxygen atoms in total. The number of anilines is 1. The summed E-state index contributed by atoms with van der Waals surface area (Å²) in [5, 5.41) is 9.94. The van der Waals surface area contributed by atoms with Gasteiger partial charge in [-0.25, -0.2) is 0 Å². The van der Waals surface area contributed by atoms with Crippen molar-refractivity contribution < 1.29 is 9.90 Å². The normalized spacial score (nSPS) is 14.9. The zero-order valence-corrected chi connectivity index (χ0v) is 13.6. The number of hydrogen-bond acceptors (Lipinski definition) is 3. The molecule has 0 spiro atoms. The molecule has 0 atom stereocenters. The molecule has 1 amide bonds. The molecule has 1 aliphatic rings. The van der Waals surface area contributed by atoms with Crippen molar-refractivity contribution in [2.45, 2.75) is 13.8 Å². The smallest absolute Gasteiger partial charge is 0.257 e. The molecule has 0 saturated carbocycles. The zero-order chi connectivity index (χ0) is 16.4. The molecule has 2 aromatic carbocycles. The second-order valence-corrected chi connectivity index (χ2v) is 6.09. The van der Waals surface area contributed by atoms with Gasteiger partial charge in [0.05, 0.1) is 5.56 Å². The first-order valence-corrected chi connectivity index (χ1v) is 7.96. The number of phenolic OH excluding ortho intramolecular Hbond substituents is 1.